The van der Waals surface area contributed by atoms with E-state index in [0.29, 0.717) is 0 Å². The molecule has 3 heterocycles. The van der Waals surface area contributed by atoms with E-state index in [9.17, 15) is 0 Å². The normalized spacial score (nSPS) is 14.8. The number of hydrogen-bond acceptors (Lipinski definition) is 6. The van der Waals surface area contributed by atoms with E-state index in [0.717, 1.165) is 57.3 Å². The molecule has 22 heavy (non-hydrogen) atoms. The summed E-state index contributed by atoms with van der Waals surface area (Å²) in [7, 11) is 0. The van der Waals surface area contributed by atoms with Crippen molar-refractivity contribution in [3.05, 3.63) is 42.5 Å². The lowest BCUT2D eigenvalue weighted by Crippen LogP contribution is -2.36. The van der Waals surface area contributed by atoms with Gasteiger partial charge in [-0.05, 0) is 30.5 Å². The van der Waals surface area contributed by atoms with Crippen LogP contribution in [0.15, 0.2) is 36.9 Å². The van der Waals surface area contributed by atoms with Gasteiger partial charge in [0.1, 0.15) is 18.0 Å². The van der Waals surface area contributed by atoms with E-state index >= 15 is 0 Å². The van der Waals surface area contributed by atoms with Crippen LogP contribution in [0, 0.1) is 0 Å². The molecule has 1 fully saturated rings. The first-order valence-corrected chi connectivity index (χ1v) is 7.69. The van der Waals surface area contributed by atoms with Crippen LogP contribution in [-0.4, -0.2) is 47.8 Å². The molecule has 2 aromatic rings. The number of aryl methyl sites for hydroxylation is 1. The number of morpholine rings is 1. The molecule has 0 aliphatic carbocycles. The molecule has 0 atom stereocenters. The van der Waals surface area contributed by atoms with Crippen molar-refractivity contribution < 1.29 is 4.74 Å². The Hall–Kier alpha value is -2.21. The van der Waals surface area contributed by atoms with Gasteiger partial charge in [0.2, 0.25) is 0 Å². The molecule has 0 amide bonds. The number of rotatable bonds is 6. The van der Waals surface area contributed by atoms with Crippen LogP contribution in [0.2, 0.25) is 0 Å². The van der Waals surface area contributed by atoms with Gasteiger partial charge in [0.25, 0.3) is 0 Å². The minimum absolute atomic E-state index is 0.763. The molecule has 0 radical (unpaired) electrons. The van der Waals surface area contributed by atoms with Crippen molar-refractivity contribution in [2.24, 2.45) is 0 Å². The molecular weight excluding hydrogens is 278 g/mol. The molecule has 6 heteroatoms. The largest absolute Gasteiger partial charge is 0.378 e. The number of pyridine rings is 1. The predicted octanol–water partition coefficient (Wildman–Crippen LogP) is 1.75. The van der Waals surface area contributed by atoms with Gasteiger partial charge in [-0.15, -0.1) is 0 Å². The second-order valence-corrected chi connectivity index (χ2v) is 5.25. The van der Waals surface area contributed by atoms with Crippen LogP contribution < -0.4 is 10.2 Å². The lowest BCUT2D eigenvalue weighted by Gasteiger charge is -2.27. The maximum Gasteiger partial charge on any atom is 0.134 e. The summed E-state index contributed by atoms with van der Waals surface area (Å²) in [5.41, 5.74) is 1.31. The summed E-state index contributed by atoms with van der Waals surface area (Å²) in [6.45, 7) is 4.19. The Morgan fingerprint density at radius 3 is 2.77 bits per heavy atom. The quantitative estimate of drug-likeness (QED) is 0.820. The summed E-state index contributed by atoms with van der Waals surface area (Å²) in [6, 6.07) is 6.13. The van der Waals surface area contributed by atoms with Gasteiger partial charge in [-0.1, -0.05) is 0 Å². The van der Waals surface area contributed by atoms with E-state index in [1.165, 1.54) is 5.56 Å². The molecule has 1 aliphatic heterocycles. The van der Waals surface area contributed by atoms with Gasteiger partial charge < -0.3 is 15.0 Å². The summed E-state index contributed by atoms with van der Waals surface area (Å²) < 4.78 is 5.37. The molecule has 3 rings (SSSR count). The van der Waals surface area contributed by atoms with Gasteiger partial charge in [0.15, 0.2) is 0 Å². The van der Waals surface area contributed by atoms with E-state index in [1.807, 2.05) is 18.5 Å². The van der Waals surface area contributed by atoms with Crippen LogP contribution in [0.4, 0.5) is 11.6 Å². The zero-order chi connectivity index (χ0) is 15.0. The Balaban J connectivity index is 1.48. The topological polar surface area (TPSA) is 63.2 Å². The maximum absolute atomic E-state index is 5.37. The highest BCUT2D eigenvalue weighted by Gasteiger charge is 2.12. The van der Waals surface area contributed by atoms with Gasteiger partial charge in [-0.2, -0.15) is 0 Å². The Labute approximate surface area is 130 Å². The van der Waals surface area contributed by atoms with Crippen LogP contribution in [0.3, 0.4) is 0 Å². The van der Waals surface area contributed by atoms with Crippen molar-refractivity contribution in [2.75, 3.05) is 43.1 Å². The van der Waals surface area contributed by atoms with E-state index in [-0.39, 0.29) is 0 Å². The number of aromatic nitrogens is 3. The number of nitrogens with one attached hydrogen (secondary N) is 1. The molecule has 0 saturated carbocycles. The van der Waals surface area contributed by atoms with Gasteiger partial charge in [-0.25, -0.2) is 9.97 Å². The Morgan fingerprint density at radius 1 is 1.14 bits per heavy atom. The minimum atomic E-state index is 0.763. The molecule has 2 aromatic heterocycles. The minimum Gasteiger partial charge on any atom is -0.378 e. The summed E-state index contributed by atoms with van der Waals surface area (Å²) >= 11 is 0. The third-order valence-corrected chi connectivity index (χ3v) is 3.69. The molecule has 116 valence electrons. The lowest BCUT2D eigenvalue weighted by molar-refractivity contribution is 0.122. The van der Waals surface area contributed by atoms with Gasteiger partial charge in [-0.3, -0.25) is 4.98 Å². The second-order valence-electron chi connectivity index (χ2n) is 5.25. The van der Waals surface area contributed by atoms with Crippen molar-refractivity contribution in [3.63, 3.8) is 0 Å². The van der Waals surface area contributed by atoms with Gasteiger partial charge >= 0.3 is 0 Å². The number of anilines is 2. The highest BCUT2D eigenvalue weighted by atomic mass is 16.5. The fraction of sp³-hybridized carbons (Fsp3) is 0.438. The van der Waals surface area contributed by atoms with Crippen molar-refractivity contribution in [2.45, 2.75) is 12.8 Å². The standard InChI is InChI=1S/C16H21N5O/c1(2-14-3-6-17-7-4-14)5-18-15-12-16(20-13-19-15)21-8-10-22-11-9-21/h3-4,6-7,12-13H,1-2,5,8-11H2,(H,18,19,20). The Bertz CT molecular complexity index is 572. The van der Waals surface area contributed by atoms with E-state index in [1.54, 1.807) is 6.33 Å². The van der Waals surface area contributed by atoms with Gasteiger partial charge in [0.05, 0.1) is 13.2 Å². The zero-order valence-corrected chi connectivity index (χ0v) is 12.6. The summed E-state index contributed by atoms with van der Waals surface area (Å²) in [5.74, 6) is 1.85. The average molecular weight is 299 g/mol. The molecule has 0 aromatic carbocycles. The Morgan fingerprint density at radius 2 is 1.95 bits per heavy atom. The highest BCUT2D eigenvalue weighted by molar-refractivity contribution is 5.48. The highest BCUT2D eigenvalue weighted by Crippen LogP contribution is 2.15. The SMILES string of the molecule is c1cc(CCCNc2cc(N3CCOCC3)ncn2)ccn1. The number of ether oxygens (including phenoxy) is 1. The van der Waals surface area contributed by atoms with Crippen LogP contribution in [0.5, 0.6) is 0 Å². The van der Waals surface area contributed by atoms with E-state index in [2.05, 4.69) is 37.3 Å². The van der Waals surface area contributed by atoms with E-state index in [4.69, 9.17) is 4.74 Å². The third-order valence-electron chi connectivity index (χ3n) is 3.69. The lowest BCUT2D eigenvalue weighted by atomic mass is 10.1. The fourth-order valence-electron chi connectivity index (χ4n) is 2.47. The molecule has 0 unspecified atom stereocenters. The first-order valence-electron chi connectivity index (χ1n) is 7.69. The monoisotopic (exact) mass is 299 g/mol. The average Bonchev–Trinajstić information content (AvgIpc) is 2.61. The van der Waals surface area contributed by atoms with E-state index < -0.39 is 0 Å². The summed E-state index contributed by atoms with van der Waals surface area (Å²) in [5, 5.41) is 3.37. The molecule has 1 aliphatic rings. The zero-order valence-electron chi connectivity index (χ0n) is 12.6. The third kappa shape index (κ3) is 4.14. The predicted molar refractivity (Wildman–Crippen MR) is 86.1 cm³/mol. The van der Waals surface area contributed by atoms with Crippen LogP contribution in [0.1, 0.15) is 12.0 Å². The number of hydrogen-bond donors (Lipinski definition) is 1. The first kappa shape index (κ1) is 14.7. The Kier molecular flexibility index (Phi) is 5.15. The second kappa shape index (κ2) is 7.70. The van der Waals surface area contributed by atoms with Crippen molar-refractivity contribution >= 4 is 11.6 Å². The van der Waals surface area contributed by atoms with Crippen LogP contribution in [0.25, 0.3) is 0 Å². The fourth-order valence-corrected chi connectivity index (χ4v) is 2.47. The molecule has 1 saturated heterocycles. The van der Waals surface area contributed by atoms with Crippen LogP contribution >= 0.6 is 0 Å². The summed E-state index contributed by atoms with van der Waals surface area (Å²) in [6.07, 6.45) is 7.39. The van der Waals surface area contributed by atoms with Crippen molar-refractivity contribution in [3.8, 4) is 0 Å². The molecule has 0 spiro atoms. The maximum atomic E-state index is 5.37. The molecule has 0 bridgehead atoms. The smallest absolute Gasteiger partial charge is 0.134 e. The molecule has 1 N–H and O–H groups in total. The molecule has 6 nitrogen and oxygen atoms in total. The first-order chi connectivity index (χ1) is 10.9. The van der Waals surface area contributed by atoms with Crippen LogP contribution in [-0.2, 0) is 11.2 Å². The summed E-state index contributed by atoms with van der Waals surface area (Å²) in [4.78, 5) is 14.9. The van der Waals surface area contributed by atoms with Crippen molar-refractivity contribution in [1.29, 1.82) is 0 Å². The number of nitrogens with zero attached hydrogens (tertiary/aromatic N) is 4. The van der Waals surface area contributed by atoms with Crippen molar-refractivity contribution in [1.82, 2.24) is 15.0 Å². The van der Waals surface area contributed by atoms with Gasteiger partial charge in [0, 0.05) is 38.1 Å². The molecular formula is C16H21N5O.